The normalized spacial score (nSPS) is 10.2. The molecule has 0 amide bonds. The zero-order chi connectivity index (χ0) is 16.5. The molecule has 0 aliphatic rings. The lowest BCUT2D eigenvalue weighted by Crippen LogP contribution is -2.21. The van der Waals surface area contributed by atoms with E-state index >= 15 is 0 Å². The van der Waals surface area contributed by atoms with Crippen molar-refractivity contribution < 1.29 is 14.2 Å². The molecule has 0 atom stereocenters. The van der Waals surface area contributed by atoms with Gasteiger partial charge in [0.15, 0.2) is 0 Å². The zero-order valence-electron chi connectivity index (χ0n) is 14.1. The summed E-state index contributed by atoms with van der Waals surface area (Å²) in [6.45, 7) is 7.29. The molecule has 0 unspecified atom stereocenters. The van der Waals surface area contributed by atoms with Gasteiger partial charge in [-0.3, -0.25) is 0 Å². The topological polar surface area (TPSA) is 30.9 Å². The van der Waals surface area contributed by atoms with Gasteiger partial charge in [-0.05, 0) is 50.2 Å². The van der Waals surface area contributed by atoms with Gasteiger partial charge < -0.3 is 19.1 Å². The first kappa shape index (κ1) is 17.0. The predicted molar refractivity (Wildman–Crippen MR) is 94.0 cm³/mol. The van der Waals surface area contributed by atoms with E-state index in [9.17, 15) is 0 Å². The average molecular weight is 315 g/mol. The molecule has 124 valence electrons. The quantitative estimate of drug-likeness (QED) is 0.655. The molecule has 23 heavy (non-hydrogen) atoms. The predicted octanol–water partition coefficient (Wildman–Crippen LogP) is 4.00. The fraction of sp³-hybridized carbons (Fsp3) is 0.368. The summed E-state index contributed by atoms with van der Waals surface area (Å²) >= 11 is 0. The molecule has 2 aromatic carbocycles. The van der Waals surface area contributed by atoms with Crippen LogP contribution in [0.3, 0.4) is 0 Å². The van der Waals surface area contributed by atoms with Crippen molar-refractivity contribution in [1.29, 1.82) is 0 Å². The van der Waals surface area contributed by atoms with Crippen LogP contribution in [0.2, 0.25) is 0 Å². The van der Waals surface area contributed by atoms with Crippen LogP contribution in [0, 0.1) is 0 Å². The number of rotatable bonds is 9. The van der Waals surface area contributed by atoms with E-state index in [-0.39, 0.29) is 0 Å². The average Bonchev–Trinajstić information content (AvgIpc) is 2.61. The summed E-state index contributed by atoms with van der Waals surface area (Å²) in [5, 5.41) is 0. The summed E-state index contributed by atoms with van der Waals surface area (Å²) in [4.78, 5) is 2.29. The lowest BCUT2D eigenvalue weighted by Gasteiger charge is -2.21. The first-order valence-corrected chi connectivity index (χ1v) is 8.01. The number of nitrogens with zero attached hydrogens (tertiary/aromatic N) is 1. The fourth-order valence-corrected chi connectivity index (χ4v) is 2.35. The van der Waals surface area contributed by atoms with Crippen molar-refractivity contribution in [3.63, 3.8) is 0 Å². The Labute approximate surface area is 138 Å². The van der Waals surface area contributed by atoms with Gasteiger partial charge in [0, 0.05) is 24.8 Å². The minimum absolute atomic E-state index is 0.502. The van der Waals surface area contributed by atoms with Gasteiger partial charge in [0.1, 0.15) is 30.5 Å². The first-order chi connectivity index (χ1) is 11.3. The van der Waals surface area contributed by atoms with Gasteiger partial charge in [-0.1, -0.05) is 6.07 Å². The van der Waals surface area contributed by atoms with Crippen LogP contribution in [0.15, 0.2) is 48.5 Å². The molecule has 0 spiro atoms. The van der Waals surface area contributed by atoms with Crippen LogP contribution >= 0.6 is 0 Å². The second-order valence-electron chi connectivity index (χ2n) is 5.04. The summed E-state index contributed by atoms with van der Waals surface area (Å²) in [6, 6.07) is 15.7. The lowest BCUT2D eigenvalue weighted by molar-refractivity contribution is 0.217. The summed E-state index contributed by atoms with van der Waals surface area (Å²) in [5.41, 5.74) is 1.18. The molecule has 2 rings (SSSR count). The van der Waals surface area contributed by atoms with Crippen LogP contribution in [-0.4, -0.2) is 33.4 Å². The van der Waals surface area contributed by atoms with E-state index in [2.05, 4.69) is 30.9 Å². The highest BCUT2D eigenvalue weighted by molar-refractivity contribution is 5.50. The van der Waals surface area contributed by atoms with Crippen LogP contribution in [0.5, 0.6) is 17.2 Å². The van der Waals surface area contributed by atoms with Gasteiger partial charge in [0.2, 0.25) is 0 Å². The number of benzene rings is 2. The maximum absolute atomic E-state index is 5.78. The highest BCUT2D eigenvalue weighted by Gasteiger charge is 2.03. The van der Waals surface area contributed by atoms with Crippen molar-refractivity contribution in [3.05, 3.63) is 48.5 Å². The SMILES string of the molecule is CCN(CC)c1cccc(OCCOc2ccc(OC)cc2)c1. The number of hydrogen-bond acceptors (Lipinski definition) is 4. The number of methoxy groups -OCH3 is 1. The second-order valence-corrected chi connectivity index (χ2v) is 5.04. The van der Waals surface area contributed by atoms with E-state index in [4.69, 9.17) is 14.2 Å². The van der Waals surface area contributed by atoms with Gasteiger partial charge in [-0.2, -0.15) is 0 Å². The number of anilines is 1. The molecule has 0 saturated carbocycles. The van der Waals surface area contributed by atoms with Gasteiger partial charge >= 0.3 is 0 Å². The molecule has 0 saturated heterocycles. The molecule has 0 heterocycles. The van der Waals surface area contributed by atoms with Crippen molar-refractivity contribution in [2.45, 2.75) is 13.8 Å². The Bertz CT molecular complexity index is 579. The third-order valence-corrected chi connectivity index (χ3v) is 3.63. The Balaban J connectivity index is 1.80. The van der Waals surface area contributed by atoms with E-state index in [1.54, 1.807) is 7.11 Å². The zero-order valence-corrected chi connectivity index (χ0v) is 14.1. The molecule has 0 bridgehead atoms. The van der Waals surface area contributed by atoms with Crippen LogP contribution in [0.4, 0.5) is 5.69 Å². The molecular formula is C19H25NO3. The summed E-state index contributed by atoms with van der Waals surface area (Å²) in [5.74, 6) is 2.50. The van der Waals surface area contributed by atoms with E-state index in [1.807, 2.05) is 36.4 Å². The van der Waals surface area contributed by atoms with E-state index < -0.39 is 0 Å². The fourth-order valence-electron chi connectivity index (χ4n) is 2.35. The van der Waals surface area contributed by atoms with Crippen molar-refractivity contribution in [2.24, 2.45) is 0 Å². The molecule has 0 aromatic heterocycles. The molecule has 0 aliphatic heterocycles. The molecular weight excluding hydrogens is 290 g/mol. The number of hydrogen-bond donors (Lipinski definition) is 0. The van der Waals surface area contributed by atoms with Crippen LogP contribution in [-0.2, 0) is 0 Å². The van der Waals surface area contributed by atoms with Gasteiger partial charge in [0.05, 0.1) is 7.11 Å². The molecule has 2 aromatic rings. The minimum Gasteiger partial charge on any atom is -0.497 e. The second kappa shape index (κ2) is 8.93. The third kappa shape index (κ3) is 5.09. The van der Waals surface area contributed by atoms with Crippen LogP contribution < -0.4 is 19.1 Å². The summed E-state index contributed by atoms with van der Waals surface area (Å²) in [6.07, 6.45) is 0. The van der Waals surface area contributed by atoms with Crippen molar-refractivity contribution in [3.8, 4) is 17.2 Å². The Morgan fingerprint density at radius 3 is 2.00 bits per heavy atom. The molecule has 0 fully saturated rings. The summed E-state index contributed by atoms with van der Waals surface area (Å²) < 4.78 is 16.5. The maximum Gasteiger partial charge on any atom is 0.122 e. The Morgan fingerprint density at radius 1 is 0.783 bits per heavy atom. The monoisotopic (exact) mass is 315 g/mol. The maximum atomic E-state index is 5.78. The van der Waals surface area contributed by atoms with Gasteiger partial charge in [0.25, 0.3) is 0 Å². The largest absolute Gasteiger partial charge is 0.497 e. The van der Waals surface area contributed by atoms with Crippen molar-refractivity contribution >= 4 is 5.69 Å². The minimum atomic E-state index is 0.502. The highest BCUT2D eigenvalue weighted by atomic mass is 16.5. The molecule has 4 nitrogen and oxygen atoms in total. The molecule has 4 heteroatoms. The smallest absolute Gasteiger partial charge is 0.122 e. The molecule has 0 N–H and O–H groups in total. The van der Waals surface area contributed by atoms with Crippen LogP contribution in [0.1, 0.15) is 13.8 Å². The van der Waals surface area contributed by atoms with E-state index in [1.165, 1.54) is 5.69 Å². The highest BCUT2D eigenvalue weighted by Crippen LogP contribution is 2.21. The van der Waals surface area contributed by atoms with E-state index in [0.29, 0.717) is 13.2 Å². The molecule has 0 aliphatic carbocycles. The number of ether oxygens (including phenoxy) is 3. The molecule has 0 radical (unpaired) electrons. The van der Waals surface area contributed by atoms with Crippen molar-refractivity contribution in [1.82, 2.24) is 0 Å². The first-order valence-electron chi connectivity index (χ1n) is 8.01. The Hall–Kier alpha value is -2.36. The third-order valence-electron chi connectivity index (χ3n) is 3.63. The van der Waals surface area contributed by atoms with Crippen LogP contribution in [0.25, 0.3) is 0 Å². The van der Waals surface area contributed by atoms with Crippen molar-refractivity contribution in [2.75, 3.05) is 38.3 Å². The Kier molecular flexibility index (Phi) is 6.60. The lowest BCUT2D eigenvalue weighted by atomic mass is 10.2. The van der Waals surface area contributed by atoms with Gasteiger partial charge in [-0.25, -0.2) is 0 Å². The summed E-state index contributed by atoms with van der Waals surface area (Å²) in [7, 11) is 1.65. The standard InChI is InChI=1S/C19H25NO3/c1-4-20(5-2)16-7-6-8-19(15-16)23-14-13-22-18-11-9-17(21-3)10-12-18/h6-12,15H,4-5,13-14H2,1-3H3. The Morgan fingerprint density at radius 2 is 1.39 bits per heavy atom. The van der Waals surface area contributed by atoms with Gasteiger partial charge in [-0.15, -0.1) is 0 Å². The van der Waals surface area contributed by atoms with E-state index in [0.717, 1.165) is 30.3 Å².